The number of rotatable bonds is 4. The highest BCUT2D eigenvalue weighted by atomic mass is 32.1. The first kappa shape index (κ1) is 13.9. The van der Waals surface area contributed by atoms with Crippen molar-refractivity contribution in [3.05, 3.63) is 70.6 Å². The molecular weight excluding hydrogens is 285 g/mol. The fourth-order valence-electron chi connectivity index (χ4n) is 2.05. The molecule has 0 spiro atoms. The number of halogens is 1. The van der Waals surface area contributed by atoms with E-state index in [9.17, 15) is 4.39 Å². The Labute approximate surface area is 126 Å². The first-order valence-electron chi connectivity index (χ1n) is 6.59. The van der Waals surface area contributed by atoms with Gasteiger partial charge in [0.2, 0.25) is 0 Å². The molecule has 2 aromatic heterocycles. The number of nitrogens with zero attached hydrogens (tertiary/aromatic N) is 2. The summed E-state index contributed by atoms with van der Waals surface area (Å²) in [5, 5.41) is 2.97. The van der Waals surface area contributed by atoms with Gasteiger partial charge in [-0.05, 0) is 12.1 Å². The topological polar surface area (TPSA) is 51.8 Å². The summed E-state index contributed by atoms with van der Waals surface area (Å²) in [6.07, 6.45) is 1.78. The van der Waals surface area contributed by atoms with Crippen LogP contribution in [-0.4, -0.2) is 9.97 Å². The van der Waals surface area contributed by atoms with Crippen LogP contribution in [0.15, 0.2) is 54.0 Å². The number of aromatic nitrogens is 2. The molecule has 0 saturated heterocycles. The van der Waals surface area contributed by atoms with Crippen molar-refractivity contribution in [1.82, 2.24) is 9.97 Å². The van der Waals surface area contributed by atoms with Crippen molar-refractivity contribution in [2.24, 2.45) is 5.73 Å². The second-order valence-electron chi connectivity index (χ2n) is 4.70. The molecule has 106 valence electrons. The SMILES string of the molecule is NC(Cc1nc(-c2ccccc2)cs1)c1ccc(F)cn1. The second-order valence-corrected chi connectivity index (χ2v) is 5.65. The number of thiazole rings is 1. The maximum atomic E-state index is 12.9. The number of benzene rings is 1. The highest BCUT2D eigenvalue weighted by Gasteiger charge is 2.12. The lowest BCUT2D eigenvalue weighted by Gasteiger charge is -2.08. The Morgan fingerprint density at radius 3 is 2.67 bits per heavy atom. The summed E-state index contributed by atoms with van der Waals surface area (Å²) in [4.78, 5) is 8.62. The van der Waals surface area contributed by atoms with Gasteiger partial charge < -0.3 is 5.73 Å². The molecule has 0 aliphatic heterocycles. The number of hydrogen-bond acceptors (Lipinski definition) is 4. The number of pyridine rings is 1. The predicted octanol–water partition coefficient (Wildman–Crippen LogP) is 3.59. The van der Waals surface area contributed by atoms with Crippen LogP contribution < -0.4 is 5.73 Å². The third-order valence-electron chi connectivity index (χ3n) is 3.15. The summed E-state index contributed by atoms with van der Waals surface area (Å²) < 4.78 is 12.9. The van der Waals surface area contributed by atoms with Gasteiger partial charge in [-0.1, -0.05) is 30.3 Å². The summed E-state index contributed by atoms with van der Waals surface area (Å²) >= 11 is 1.58. The molecule has 0 bridgehead atoms. The molecule has 2 N–H and O–H groups in total. The van der Waals surface area contributed by atoms with E-state index >= 15 is 0 Å². The van der Waals surface area contributed by atoms with Crippen LogP contribution in [0.3, 0.4) is 0 Å². The second kappa shape index (κ2) is 6.11. The van der Waals surface area contributed by atoms with Crippen molar-refractivity contribution in [1.29, 1.82) is 0 Å². The minimum Gasteiger partial charge on any atom is -0.322 e. The molecule has 1 atom stereocenters. The Bertz CT molecular complexity index is 710. The predicted molar refractivity (Wildman–Crippen MR) is 82.4 cm³/mol. The van der Waals surface area contributed by atoms with Crippen molar-refractivity contribution in [2.75, 3.05) is 0 Å². The van der Waals surface area contributed by atoms with E-state index in [4.69, 9.17) is 5.73 Å². The zero-order valence-electron chi connectivity index (χ0n) is 11.2. The minimum atomic E-state index is -0.355. The van der Waals surface area contributed by atoms with Crippen molar-refractivity contribution in [2.45, 2.75) is 12.5 Å². The van der Waals surface area contributed by atoms with Crippen LogP contribution in [0.1, 0.15) is 16.7 Å². The van der Waals surface area contributed by atoms with Crippen LogP contribution in [0.25, 0.3) is 11.3 Å². The van der Waals surface area contributed by atoms with E-state index < -0.39 is 0 Å². The third-order valence-corrected chi connectivity index (χ3v) is 4.02. The van der Waals surface area contributed by atoms with Crippen molar-refractivity contribution in [3.8, 4) is 11.3 Å². The van der Waals surface area contributed by atoms with Crippen LogP contribution in [0.2, 0.25) is 0 Å². The van der Waals surface area contributed by atoms with E-state index in [-0.39, 0.29) is 11.9 Å². The van der Waals surface area contributed by atoms with Gasteiger partial charge in [-0.25, -0.2) is 9.37 Å². The highest BCUT2D eigenvalue weighted by molar-refractivity contribution is 7.09. The summed E-state index contributed by atoms with van der Waals surface area (Å²) in [5.41, 5.74) is 8.83. The van der Waals surface area contributed by atoms with E-state index in [1.165, 1.54) is 12.3 Å². The Morgan fingerprint density at radius 1 is 1.14 bits per heavy atom. The molecule has 0 saturated carbocycles. The molecule has 0 fully saturated rings. The smallest absolute Gasteiger partial charge is 0.141 e. The average Bonchev–Trinajstić information content (AvgIpc) is 2.97. The average molecular weight is 299 g/mol. The van der Waals surface area contributed by atoms with Crippen LogP contribution in [0, 0.1) is 5.82 Å². The van der Waals surface area contributed by atoms with Gasteiger partial charge in [0, 0.05) is 17.4 Å². The molecule has 0 radical (unpaired) electrons. The van der Waals surface area contributed by atoms with Gasteiger partial charge in [0.25, 0.3) is 0 Å². The van der Waals surface area contributed by atoms with Gasteiger partial charge in [-0.3, -0.25) is 4.98 Å². The summed E-state index contributed by atoms with van der Waals surface area (Å²) in [7, 11) is 0. The molecule has 0 aliphatic carbocycles. The largest absolute Gasteiger partial charge is 0.322 e. The lowest BCUT2D eigenvalue weighted by Crippen LogP contribution is -2.14. The van der Waals surface area contributed by atoms with Crippen LogP contribution in [0.5, 0.6) is 0 Å². The zero-order valence-corrected chi connectivity index (χ0v) is 12.1. The minimum absolute atomic E-state index is 0.277. The van der Waals surface area contributed by atoms with Crippen LogP contribution >= 0.6 is 11.3 Å². The molecule has 21 heavy (non-hydrogen) atoms. The van der Waals surface area contributed by atoms with Gasteiger partial charge >= 0.3 is 0 Å². The Hall–Kier alpha value is -2.11. The quantitative estimate of drug-likeness (QED) is 0.801. The third kappa shape index (κ3) is 3.32. The number of hydrogen-bond donors (Lipinski definition) is 1. The standard InChI is InChI=1S/C16H14FN3S/c17-12-6-7-14(19-9-12)13(18)8-16-20-15(10-21-16)11-4-2-1-3-5-11/h1-7,9-10,13H,8,18H2. The molecule has 2 heterocycles. The first-order chi connectivity index (χ1) is 10.2. The molecular formula is C16H14FN3S. The van der Waals surface area contributed by atoms with Crippen molar-refractivity contribution >= 4 is 11.3 Å². The summed E-state index contributed by atoms with van der Waals surface area (Å²) in [5.74, 6) is -0.355. The van der Waals surface area contributed by atoms with Gasteiger partial charge in [-0.2, -0.15) is 0 Å². The maximum Gasteiger partial charge on any atom is 0.141 e. The molecule has 3 nitrogen and oxygen atoms in total. The van der Waals surface area contributed by atoms with Gasteiger partial charge in [-0.15, -0.1) is 11.3 Å². The van der Waals surface area contributed by atoms with E-state index in [1.807, 2.05) is 35.7 Å². The lowest BCUT2D eigenvalue weighted by molar-refractivity contribution is 0.612. The Kier molecular flexibility index (Phi) is 4.03. The normalized spacial score (nSPS) is 12.3. The van der Waals surface area contributed by atoms with Crippen LogP contribution in [0.4, 0.5) is 4.39 Å². The number of nitrogens with two attached hydrogens (primary N) is 1. The van der Waals surface area contributed by atoms with E-state index in [1.54, 1.807) is 17.4 Å². The highest BCUT2D eigenvalue weighted by Crippen LogP contribution is 2.24. The van der Waals surface area contributed by atoms with E-state index in [0.717, 1.165) is 16.3 Å². The monoisotopic (exact) mass is 299 g/mol. The van der Waals surface area contributed by atoms with Crippen molar-refractivity contribution in [3.63, 3.8) is 0 Å². The molecule has 1 aromatic carbocycles. The molecule has 0 amide bonds. The molecule has 0 aliphatic rings. The summed E-state index contributed by atoms with van der Waals surface area (Å²) in [6.45, 7) is 0. The van der Waals surface area contributed by atoms with Crippen molar-refractivity contribution < 1.29 is 4.39 Å². The van der Waals surface area contributed by atoms with Gasteiger partial charge in [0.15, 0.2) is 0 Å². The van der Waals surface area contributed by atoms with E-state index in [0.29, 0.717) is 12.1 Å². The maximum absolute atomic E-state index is 12.9. The van der Waals surface area contributed by atoms with Crippen LogP contribution in [-0.2, 0) is 6.42 Å². The first-order valence-corrected chi connectivity index (χ1v) is 7.47. The fourth-order valence-corrected chi connectivity index (χ4v) is 2.91. The zero-order chi connectivity index (χ0) is 14.7. The van der Waals surface area contributed by atoms with E-state index in [2.05, 4.69) is 9.97 Å². The van der Waals surface area contributed by atoms with Gasteiger partial charge in [0.1, 0.15) is 5.82 Å². The Balaban J connectivity index is 1.74. The molecule has 3 rings (SSSR count). The molecule has 3 aromatic rings. The van der Waals surface area contributed by atoms with Gasteiger partial charge in [0.05, 0.1) is 28.6 Å². The lowest BCUT2D eigenvalue weighted by atomic mass is 10.1. The molecule has 5 heteroatoms. The molecule has 1 unspecified atom stereocenters. The fraction of sp³-hybridized carbons (Fsp3) is 0.125. The summed E-state index contributed by atoms with van der Waals surface area (Å²) in [6, 6.07) is 12.7. The Morgan fingerprint density at radius 2 is 1.95 bits per heavy atom.